The van der Waals surface area contributed by atoms with E-state index in [0.717, 1.165) is 0 Å². The van der Waals surface area contributed by atoms with E-state index in [4.69, 9.17) is 20.3 Å². The number of aliphatic carboxylic acids is 1. The summed E-state index contributed by atoms with van der Waals surface area (Å²) in [5.74, 6) is -2.98. The Morgan fingerprint density at radius 2 is 2.25 bits per heavy atom. The number of hydrogen-bond donors (Lipinski definition) is 3. The normalized spacial score (nSPS) is 39.6. The van der Waals surface area contributed by atoms with Crippen LogP contribution in [-0.4, -0.2) is 46.8 Å². The molecule has 1 aliphatic rings. The van der Waals surface area contributed by atoms with Crippen molar-refractivity contribution >= 4 is 5.97 Å². The molecule has 1 fully saturated rings. The van der Waals surface area contributed by atoms with Crippen LogP contribution in [0.3, 0.4) is 0 Å². The SMILES string of the molecule is CCOC1(C(=O)O)CC(O)C(N)C(CC)O1. The molecule has 0 bridgehead atoms. The van der Waals surface area contributed by atoms with Crippen molar-refractivity contribution in [2.75, 3.05) is 6.61 Å². The predicted molar refractivity (Wildman–Crippen MR) is 55.8 cm³/mol. The van der Waals surface area contributed by atoms with E-state index < -0.39 is 30.0 Å². The number of carboxylic acids is 1. The van der Waals surface area contributed by atoms with Crippen molar-refractivity contribution in [2.45, 2.75) is 50.7 Å². The molecule has 4 atom stereocenters. The van der Waals surface area contributed by atoms with Gasteiger partial charge in [-0.05, 0) is 13.3 Å². The molecule has 0 saturated carbocycles. The van der Waals surface area contributed by atoms with E-state index in [2.05, 4.69) is 0 Å². The number of rotatable bonds is 4. The van der Waals surface area contributed by atoms with Gasteiger partial charge in [-0.3, -0.25) is 0 Å². The van der Waals surface area contributed by atoms with Crippen molar-refractivity contribution in [3.8, 4) is 0 Å². The molecule has 6 nitrogen and oxygen atoms in total. The fourth-order valence-electron chi connectivity index (χ4n) is 1.91. The summed E-state index contributed by atoms with van der Waals surface area (Å²) in [6.45, 7) is 3.70. The molecule has 1 heterocycles. The van der Waals surface area contributed by atoms with Crippen LogP contribution >= 0.6 is 0 Å². The van der Waals surface area contributed by atoms with Gasteiger partial charge in [0, 0.05) is 13.0 Å². The molecule has 0 aromatic rings. The average Bonchev–Trinajstić information content (AvgIpc) is 2.23. The van der Waals surface area contributed by atoms with Gasteiger partial charge in [0.15, 0.2) is 0 Å². The maximum Gasteiger partial charge on any atom is 0.364 e. The van der Waals surface area contributed by atoms with Gasteiger partial charge in [-0.1, -0.05) is 6.92 Å². The van der Waals surface area contributed by atoms with Crippen LogP contribution in [0.5, 0.6) is 0 Å². The van der Waals surface area contributed by atoms with Crippen molar-refractivity contribution < 1.29 is 24.5 Å². The van der Waals surface area contributed by atoms with Crippen LogP contribution in [0.4, 0.5) is 0 Å². The Bertz CT molecular complexity index is 260. The lowest BCUT2D eigenvalue weighted by atomic mass is 9.92. The van der Waals surface area contributed by atoms with Crippen LogP contribution in [0.2, 0.25) is 0 Å². The first-order valence-electron chi connectivity index (χ1n) is 5.45. The van der Waals surface area contributed by atoms with Crippen molar-refractivity contribution in [3.05, 3.63) is 0 Å². The summed E-state index contributed by atoms with van der Waals surface area (Å²) in [6.07, 6.45) is -1.05. The largest absolute Gasteiger partial charge is 0.477 e. The number of aliphatic hydroxyl groups is 1. The van der Waals surface area contributed by atoms with Crippen molar-refractivity contribution in [3.63, 3.8) is 0 Å². The zero-order valence-corrected chi connectivity index (χ0v) is 9.55. The van der Waals surface area contributed by atoms with Gasteiger partial charge in [-0.15, -0.1) is 0 Å². The minimum absolute atomic E-state index is 0.145. The Morgan fingerprint density at radius 1 is 1.62 bits per heavy atom. The maximum atomic E-state index is 11.2. The molecule has 0 aromatic heterocycles. The quantitative estimate of drug-likeness (QED) is 0.615. The Balaban J connectivity index is 2.90. The Labute approximate surface area is 94.3 Å². The molecule has 1 saturated heterocycles. The Hall–Kier alpha value is -0.690. The molecule has 0 radical (unpaired) electrons. The van der Waals surface area contributed by atoms with E-state index in [9.17, 15) is 9.90 Å². The molecule has 4 unspecified atom stereocenters. The molecule has 94 valence electrons. The standard InChI is InChI=1S/C10H19NO5/c1-3-7-8(11)6(12)5-10(16-7,9(13)14)15-4-2/h6-8,12H,3-5,11H2,1-2H3,(H,13,14). The number of carboxylic acid groups (broad SMARTS) is 1. The Morgan fingerprint density at radius 3 is 2.69 bits per heavy atom. The fraction of sp³-hybridized carbons (Fsp3) is 0.900. The van der Waals surface area contributed by atoms with E-state index in [0.29, 0.717) is 6.42 Å². The third kappa shape index (κ3) is 2.35. The monoisotopic (exact) mass is 233 g/mol. The smallest absolute Gasteiger partial charge is 0.364 e. The average molecular weight is 233 g/mol. The van der Waals surface area contributed by atoms with Gasteiger partial charge in [-0.2, -0.15) is 0 Å². The molecule has 16 heavy (non-hydrogen) atoms. The van der Waals surface area contributed by atoms with Gasteiger partial charge < -0.3 is 25.4 Å². The highest BCUT2D eigenvalue weighted by Gasteiger charge is 2.51. The maximum absolute atomic E-state index is 11.2. The summed E-state index contributed by atoms with van der Waals surface area (Å²) in [6, 6.07) is -0.571. The topological polar surface area (TPSA) is 102 Å². The minimum atomic E-state index is -1.76. The van der Waals surface area contributed by atoms with Crippen LogP contribution in [-0.2, 0) is 14.3 Å². The second-order valence-electron chi connectivity index (χ2n) is 3.90. The van der Waals surface area contributed by atoms with Gasteiger partial charge in [-0.25, -0.2) is 4.79 Å². The molecule has 0 aliphatic carbocycles. The first-order valence-corrected chi connectivity index (χ1v) is 5.45. The highest BCUT2D eigenvalue weighted by atomic mass is 16.7. The third-order valence-corrected chi connectivity index (χ3v) is 2.80. The second-order valence-corrected chi connectivity index (χ2v) is 3.90. The Kier molecular flexibility index (Phi) is 4.26. The van der Waals surface area contributed by atoms with Gasteiger partial charge in [0.1, 0.15) is 0 Å². The predicted octanol–water partition coefficient (Wildman–Crippen LogP) is -0.309. The number of carbonyl (C=O) groups is 1. The zero-order valence-electron chi connectivity index (χ0n) is 9.55. The van der Waals surface area contributed by atoms with E-state index in [1.807, 2.05) is 6.92 Å². The third-order valence-electron chi connectivity index (χ3n) is 2.80. The van der Waals surface area contributed by atoms with Gasteiger partial charge in [0.05, 0.1) is 18.2 Å². The number of ether oxygens (including phenoxy) is 2. The summed E-state index contributed by atoms with van der Waals surface area (Å²) in [5.41, 5.74) is 5.73. The van der Waals surface area contributed by atoms with Gasteiger partial charge >= 0.3 is 5.97 Å². The molecule has 0 amide bonds. The van der Waals surface area contributed by atoms with Crippen molar-refractivity contribution in [1.29, 1.82) is 0 Å². The molecule has 1 aliphatic heterocycles. The van der Waals surface area contributed by atoms with Crippen LogP contribution in [0, 0.1) is 0 Å². The molecule has 4 N–H and O–H groups in total. The van der Waals surface area contributed by atoms with E-state index in [1.54, 1.807) is 6.92 Å². The number of aliphatic hydroxyl groups excluding tert-OH is 1. The minimum Gasteiger partial charge on any atom is -0.477 e. The van der Waals surface area contributed by atoms with Crippen LogP contribution < -0.4 is 5.73 Å². The van der Waals surface area contributed by atoms with Crippen LogP contribution in [0.25, 0.3) is 0 Å². The van der Waals surface area contributed by atoms with Crippen LogP contribution in [0.15, 0.2) is 0 Å². The molecular formula is C10H19NO5. The second kappa shape index (κ2) is 5.09. The summed E-state index contributed by atoms with van der Waals surface area (Å²) in [4.78, 5) is 11.2. The van der Waals surface area contributed by atoms with Gasteiger partial charge in [0.2, 0.25) is 0 Å². The number of nitrogens with two attached hydrogens (primary N) is 1. The number of hydrogen-bond acceptors (Lipinski definition) is 5. The van der Waals surface area contributed by atoms with Crippen molar-refractivity contribution in [2.24, 2.45) is 5.73 Å². The molecule has 0 aromatic carbocycles. The van der Waals surface area contributed by atoms with Crippen molar-refractivity contribution in [1.82, 2.24) is 0 Å². The zero-order chi connectivity index (χ0) is 12.3. The fourth-order valence-corrected chi connectivity index (χ4v) is 1.91. The summed E-state index contributed by atoms with van der Waals surface area (Å²) < 4.78 is 10.5. The van der Waals surface area contributed by atoms with E-state index in [1.165, 1.54) is 0 Å². The first kappa shape index (κ1) is 13.4. The molecule has 0 spiro atoms. The molecule has 6 heteroatoms. The summed E-state index contributed by atoms with van der Waals surface area (Å²) in [5, 5.41) is 18.9. The first-order chi connectivity index (χ1) is 7.46. The highest BCUT2D eigenvalue weighted by Crippen LogP contribution is 2.31. The molecule has 1 rings (SSSR count). The lowest BCUT2D eigenvalue weighted by molar-refractivity contribution is -0.292. The van der Waals surface area contributed by atoms with E-state index in [-0.39, 0.29) is 13.0 Å². The van der Waals surface area contributed by atoms with Crippen LogP contribution in [0.1, 0.15) is 26.7 Å². The van der Waals surface area contributed by atoms with E-state index >= 15 is 0 Å². The lowest BCUT2D eigenvalue weighted by Crippen LogP contribution is -2.61. The highest BCUT2D eigenvalue weighted by molar-refractivity contribution is 5.76. The van der Waals surface area contributed by atoms with Gasteiger partial charge in [0.25, 0.3) is 5.79 Å². The molecular weight excluding hydrogens is 214 g/mol. The lowest BCUT2D eigenvalue weighted by Gasteiger charge is -2.42. The summed E-state index contributed by atoms with van der Waals surface area (Å²) >= 11 is 0. The summed E-state index contributed by atoms with van der Waals surface area (Å²) in [7, 11) is 0.